The van der Waals surface area contributed by atoms with Crippen molar-refractivity contribution in [3.63, 3.8) is 0 Å². The number of hydrogen-bond acceptors (Lipinski definition) is 3. The maximum atomic E-state index is 4.64. The lowest BCUT2D eigenvalue weighted by Crippen LogP contribution is -2.36. The molecular weight excluding hydrogens is 419 g/mol. The molecule has 0 aliphatic rings. The predicted octanol–water partition coefficient (Wildman–Crippen LogP) is 3.89. The van der Waals surface area contributed by atoms with E-state index in [1.54, 1.807) is 11.3 Å². The van der Waals surface area contributed by atoms with Gasteiger partial charge < -0.3 is 10.6 Å². The zero-order valence-electron chi connectivity index (χ0n) is 13.9. The molecular formula is C17H25IN4S. The quantitative estimate of drug-likeness (QED) is 0.404. The minimum absolute atomic E-state index is 0. The van der Waals surface area contributed by atoms with Crippen LogP contribution >= 0.6 is 35.3 Å². The molecule has 6 heteroatoms. The van der Waals surface area contributed by atoms with E-state index in [1.807, 2.05) is 0 Å². The van der Waals surface area contributed by atoms with Gasteiger partial charge in [-0.15, -0.1) is 35.3 Å². The van der Waals surface area contributed by atoms with Crippen molar-refractivity contribution in [2.24, 2.45) is 4.99 Å². The van der Waals surface area contributed by atoms with Crippen LogP contribution in [0.25, 0.3) is 0 Å². The van der Waals surface area contributed by atoms with E-state index in [0.717, 1.165) is 24.6 Å². The van der Waals surface area contributed by atoms with Crippen LogP contribution in [-0.2, 0) is 19.5 Å². The largest absolute Gasteiger partial charge is 0.357 e. The summed E-state index contributed by atoms with van der Waals surface area (Å²) in [5.41, 5.74) is 3.56. The highest BCUT2D eigenvalue weighted by atomic mass is 127. The average Bonchev–Trinajstić information content (AvgIpc) is 2.98. The summed E-state index contributed by atoms with van der Waals surface area (Å²) in [4.78, 5) is 9.20. The highest BCUT2D eigenvalue weighted by Gasteiger charge is 2.02. The summed E-state index contributed by atoms with van der Waals surface area (Å²) in [5, 5.41) is 9.90. The fourth-order valence-corrected chi connectivity index (χ4v) is 2.83. The van der Waals surface area contributed by atoms with E-state index in [-0.39, 0.29) is 24.0 Å². The lowest BCUT2D eigenvalue weighted by molar-refractivity contribution is 0.800. The molecule has 1 aromatic heterocycles. The van der Waals surface area contributed by atoms with Gasteiger partial charge >= 0.3 is 0 Å². The monoisotopic (exact) mass is 444 g/mol. The van der Waals surface area contributed by atoms with Gasteiger partial charge in [0.25, 0.3) is 0 Å². The maximum absolute atomic E-state index is 4.64. The Morgan fingerprint density at radius 2 is 2.09 bits per heavy atom. The van der Waals surface area contributed by atoms with Crippen molar-refractivity contribution in [2.45, 2.75) is 40.3 Å². The fraction of sp³-hybridized carbons (Fsp3) is 0.412. The molecule has 2 aromatic rings. The van der Waals surface area contributed by atoms with Crippen LogP contribution in [0.15, 0.2) is 34.6 Å². The SMILES string of the molecule is CCNC(=NCc1cccc(C)c1)NCc1csc(CC)n1.I. The number of nitrogens with zero attached hydrogens (tertiary/aromatic N) is 2. The van der Waals surface area contributed by atoms with Crippen LogP contribution in [0.4, 0.5) is 0 Å². The molecule has 0 bridgehead atoms. The van der Waals surface area contributed by atoms with Gasteiger partial charge in [0.1, 0.15) is 0 Å². The smallest absolute Gasteiger partial charge is 0.191 e. The Balaban J connectivity index is 0.00000264. The Bertz CT molecular complexity index is 625. The van der Waals surface area contributed by atoms with Gasteiger partial charge in [0, 0.05) is 11.9 Å². The molecule has 0 amide bonds. The Morgan fingerprint density at radius 1 is 1.26 bits per heavy atom. The van der Waals surface area contributed by atoms with E-state index in [4.69, 9.17) is 0 Å². The number of hydrogen-bond donors (Lipinski definition) is 2. The van der Waals surface area contributed by atoms with Gasteiger partial charge in [-0.05, 0) is 25.8 Å². The van der Waals surface area contributed by atoms with Gasteiger partial charge in [-0.2, -0.15) is 0 Å². The zero-order valence-corrected chi connectivity index (χ0v) is 17.1. The summed E-state index contributed by atoms with van der Waals surface area (Å²) in [6.07, 6.45) is 0.992. The third kappa shape index (κ3) is 6.87. The van der Waals surface area contributed by atoms with Gasteiger partial charge in [0.05, 0.1) is 23.8 Å². The minimum Gasteiger partial charge on any atom is -0.357 e. The van der Waals surface area contributed by atoms with Crippen LogP contribution in [0.1, 0.15) is 35.7 Å². The van der Waals surface area contributed by atoms with Crippen molar-refractivity contribution < 1.29 is 0 Å². The summed E-state index contributed by atoms with van der Waals surface area (Å²) in [6.45, 7) is 8.52. The number of guanidine groups is 1. The molecule has 0 aliphatic carbocycles. The zero-order chi connectivity index (χ0) is 15.8. The molecule has 23 heavy (non-hydrogen) atoms. The standard InChI is InChI=1S/C17H24N4S.HI/c1-4-16-21-15(12-22-16)11-20-17(18-5-2)19-10-14-8-6-7-13(3)9-14;/h6-9,12H,4-5,10-11H2,1-3H3,(H2,18,19,20);1H. The highest BCUT2D eigenvalue weighted by molar-refractivity contribution is 14.0. The minimum atomic E-state index is 0. The normalized spacial score (nSPS) is 11.0. The van der Waals surface area contributed by atoms with E-state index in [0.29, 0.717) is 13.1 Å². The number of aromatic nitrogens is 1. The van der Waals surface area contributed by atoms with Crippen molar-refractivity contribution in [1.82, 2.24) is 15.6 Å². The first kappa shape index (κ1) is 19.9. The Labute approximate surface area is 159 Å². The molecule has 4 nitrogen and oxygen atoms in total. The molecule has 0 spiro atoms. The first-order chi connectivity index (χ1) is 10.7. The number of thiazole rings is 1. The van der Waals surface area contributed by atoms with Crippen molar-refractivity contribution in [3.8, 4) is 0 Å². The number of halogens is 1. The van der Waals surface area contributed by atoms with Crippen LogP contribution in [-0.4, -0.2) is 17.5 Å². The van der Waals surface area contributed by atoms with Gasteiger partial charge in [0.2, 0.25) is 0 Å². The summed E-state index contributed by atoms with van der Waals surface area (Å²) in [5.74, 6) is 0.829. The molecule has 0 aliphatic heterocycles. The molecule has 2 rings (SSSR count). The van der Waals surface area contributed by atoms with E-state index in [1.165, 1.54) is 16.1 Å². The van der Waals surface area contributed by atoms with E-state index in [2.05, 4.69) is 71.0 Å². The van der Waals surface area contributed by atoms with Crippen LogP contribution < -0.4 is 10.6 Å². The number of nitrogens with one attached hydrogen (secondary N) is 2. The van der Waals surface area contributed by atoms with E-state index in [9.17, 15) is 0 Å². The second-order valence-corrected chi connectivity index (χ2v) is 6.07. The number of rotatable bonds is 6. The fourth-order valence-electron chi connectivity index (χ4n) is 2.09. The van der Waals surface area contributed by atoms with Gasteiger partial charge in [-0.25, -0.2) is 9.98 Å². The van der Waals surface area contributed by atoms with Gasteiger partial charge in [-0.3, -0.25) is 0 Å². The molecule has 1 heterocycles. The van der Waals surface area contributed by atoms with Crippen molar-refractivity contribution in [3.05, 3.63) is 51.5 Å². The molecule has 0 unspecified atom stereocenters. The van der Waals surface area contributed by atoms with Crippen LogP contribution in [0, 0.1) is 6.92 Å². The average molecular weight is 444 g/mol. The van der Waals surface area contributed by atoms with Crippen molar-refractivity contribution >= 4 is 41.3 Å². The van der Waals surface area contributed by atoms with Crippen molar-refractivity contribution in [1.29, 1.82) is 0 Å². The summed E-state index contributed by atoms with van der Waals surface area (Å²) < 4.78 is 0. The molecule has 0 saturated heterocycles. The third-order valence-corrected chi connectivity index (χ3v) is 4.23. The second-order valence-electron chi connectivity index (χ2n) is 5.12. The third-order valence-electron chi connectivity index (χ3n) is 3.19. The molecule has 0 fully saturated rings. The highest BCUT2D eigenvalue weighted by Crippen LogP contribution is 2.09. The van der Waals surface area contributed by atoms with E-state index < -0.39 is 0 Å². The first-order valence-electron chi connectivity index (χ1n) is 7.72. The van der Waals surface area contributed by atoms with Crippen LogP contribution in [0.3, 0.4) is 0 Å². The number of aliphatic imine (C=N–C) groups is 1. The Kier molecular flexibility index (Phi) is 9.16. The molecule has 1 aromatic carbocycles. The number of benzene rings is 1. The molecule has 126 valence electrons. The molecule has 2 N–H and O–H groups in total. The molecule has 0 saturated carbocycles. The van der Waals surface area contributed by atoms with Gasteiger partial charge in [-0.1, -0.05) is 36.8 Å². The summed E-state index contributed by atoms with van der Waals surface area (Å²) >= 11 is 1.71. The topological polar surface area (TPSA) is 49.3 Å². The van der Waals surface area contributed by atoms with Crippen LogP contribution in [0.5, 0.6) is 0 Å². The van der Waals surface area contributed by atoms with Gasteiger partial charge in [0.15, 0.2) is 5.96 Å². The lowest BCUT2D eigenvalue weighted by Gasteiger charge is -2.10. The number of aryl methyl sites for hydroxylation is 2. The van der Waals surface area contributed by atoms with Crippen molar-refractivity contribution in [2.75, 3.05) is 6.54 Å². The Morgan fingerprint density at radius 3 is 2.74 bits per heavy atom. The second kappa shape index (κ2) is 10.6. The Hall–Kier alpha value is -1.15. The predicted molar refractivity (Wildman–Crippen MR) is 110 cm³/mol. The molecule has 0 atom stereocenters. The van der Waals surface area contributed by atoms with E-state index >= 15 is 0 Å². The molecule has 0 radical (unpaired) electrons. The summed E-state index contributed by atoms with van der Waals surface area (Å²) in [6, 6.07) is 8.45. The van der Waals surface area contributed by atoms with Crippen LogP contribution in [0.2, 0.25) is 0 Å². The first-order valence-corrected chi connectivity index (χ1v) is 8.60. The maximum Gasteiger partial charge on any atom is 0.191 e. The summed E-state index contributed by atoms with van der Waals surface area (Å²) in [7, 11) is 0. The lowest BCUT2D eigenvalue weighted by atomic mass is 10.1.